The summed E-state index contributed by atoms with van der Waals surface area (Å²) in [5, 5.41) is 2.89. The summed E-state index contributed by atoms with van der Waals surface area (Å²) in [6.45, 7) is 4.30. The van der Waals surface area contributed by atoms with Crippen LogP contribution in [0, 0.1) is 0 Å². The molecule has 0 radical (unpaired) electrons. The molecule has 2 atom stereocenters. The third kappa shape index (κ3) is 4.37. The van der Waals surface area contributed by atoms with Crippen molar-refractivity contribution in [1.29, 1.82) is 0 Å². The molecule has 0 fully saturated rings. The van der Waals surface area contributed by atoms with Gasteiger partial charge in [0.25, 0.3) is 11.8 Å². The Kier molecular flexibility index (Phi) is 6.75. The lowest BCUT2D eigenvalue weighted by Crippen LogP contribution is -2.47. The number of anilines is 1. The van der Waals surface area contributed by atoms with Crippen molar-refractivity contribution in [3.8, 4) is 0 Å². The average Bonchev–Trinajstić information content (AvgIpc) is 2.99. The van der Waals surface area contributed by atoms with Crippen LogP contribution in [0.25, 0.3) is 0 Å². The van der Waals surface area contributed by atoms with Crippen molar-refractivity contribution in [2.24, 2.45) is 0 Å². The highest BCUT2D eigenvalue weighted by Crippen LogP contribution is 2.27. The van der Waals surface area contributed by atoms with Crippen LogP contribution in [0.5, 0.6) is 0 Å². The number of carbonyl (C=O) groups excluding carboxylic acids is 3. The van der Waals surface area contributed by atoms with Gasteiger partial charge in [-0.05, 0) is 60.6 Å². The summed E-state index contributed by atoms with van der Waals surface area (Å²) < 4.78 is 0. The minimum atomic E-state index is -0.843. The number of amides is 3. The number of imide groups is 1. The second kappa shape index (κ2) is 9.27. The van der Waals surface area contributed by atoms with Gasteiger partial charge in [0, 0.05) is 5.69 Å². The topological polar surface area (TPSA) is 66.5 Å². The Morgan fingerprint density at radius 3 is 2.14 bits per heavy atom. The van der Waals surface area contributed by atoms with E-state index in [9.17, 15) is 14.4 Å². The standard InChI is InChI=1S/C23H26N2O3S/c1-4-15(2)16-9-11-17(12-10-16)24-21(26)20(13-14-29-3)25-22(27)18-7-5-6-8-19(18)23(25)28/h5-12,15,20H,4,13-14H2,1-3H3,(H,24,26)/t15-,20-/m1/s1. The van der Waals surface area contributed by atoms with Crippen LogP contribution >= 0.6 is 11.8 Å². The Labute approximate surface area is 175 Å². The number of nitrogens with one attached hydrogen (secondary N) is 1. The molecule has 2 aromatic carbocycles. The van der Waals surface area contributed by atoms with E-state index >= 15 is 0 Å². The fourth-order valence-electron chi connectivity index (χ4n) is 3.45. The van der Waals surface area contributed by atoms with E-state index < -0.39 is 17.9 Å². The van der Waals surface area contributed by atoms with Gasteiger partial charge in [-0.15, -0.1) is 0 Å². The molecule has 2 aromatic rings. The Balaban J connectivity index is 1.81. The highest BCUT2D eigenvalue weighted by Gasteiger charge is 2.42. The van der Waals surface area contributed by atoms with Gasteiger partial charge in [-0.1, -0.05) is 38.1 Å². The van der Waals surface area contributed by atoms with Crippen LogP contribution in [0.1, 0.15) is 58.9 Å². The zero-order valence-corrected chi connectivity index (χ0v) is 17.8. The molecule has 0 spiro atoms. The fourth-order valence-corrected chi connectivity index (χ4v) is 3.91. The van der Waals surface area contributed by atoms with Gasteiger partial charge in [0.15, 0.2) is 0 Å². The van der Waals surface area contributed by atoms with E-state index in [2.05, 4.69) is 19.2 Å². The molecule has 0 saturated heterocycles. The number of thioether (sulfide) groups is 1. The van der Waals surface area contributed by atoms with Gasteiger partial charge >= 0.3 is 0 Å². The van der Waals surface area contributed by atoms with Gasteiger partial charge in [-0.25, -0.2) is 0 Å². The summed E-state index contributed by atoms with van der Waals surface area (Å²) in [6.07, 6.45) is 3.39. The molecule has 6 heteroatoms. The summed E-state index contributed by atoms with van der Waals surface area (Å²) in [6, 6.07) is 13.6. The minimum Gasteiger partial charge on any atom is -0.324 e. The Morgan fingerprint density at radius 1 is 1.03 bits per heavy atom. The lowest BCUT2D eigenvalue weighted by Gasteiger charge is -2.25. The Bertz CT molecular complexity index is 876. The van der Waals surface area contributed by atoms with Crippen molar-refractivity contribution in [2.75, 3.05) is 17.3 Å². The Hall–Kier alpha value is -2.60. The zero-order valence-electron chi connectivity index (χ0n) is 17.0. The van der Waals surface area contributed by atoms with Crippen LogP contribution in [0.4, 0.5) is 5.69 Å². The van der Waals surface area contributed by atoms with Crippen LogP contribution < -0.4 is 5.32 Å². The quantitative estimate of drug-likeness (QED) is 0.648. The second-order valence-electron chi connectivity index (χ2n) is 7.24. The van der Waals surface area contributed by atoms with Crippen LogP contribution in [-0.4, -0.2) is 40.7 Å². The molecular formula is C23H26N2O3S. The van der Waals surface area contributed by atoms with E-state index in [-0.39, 0.29) is 5.91 Å². The third-order valence-corrected chi connectivity index (χ3v) is 6.04. The van der Waals surface area contributed by atoms with Crippen molar-refractivity contribution in [2.45, 2.75) is 38.6 Å². The van der Waals surface area contributed by atoms with Crippen LogP contribution in [0.2, 0.25) is 0 Å². The van der Waals surface area contributed by atoms with E-state index in [1.807, 2.05) is 30.5 Å². The van der Waals surface area contributed by atoms with Crippen LogP contribution in [0.15, 0.2) is 48.5 Å². The van der Waals surface area contributed by atoms with Crippen molar-refractivity contribution >= 4 is 35.2 Å². The van der Waals surface area contributed by atoms with E-state index in [0.717, 1.165) is 11.3 Å². The van der Waals surface area contributed by atoms with Gasteiger partial charge in [-0.3, -0.25) is 19.3 Å². The van der Waals surface area contributed by atoms with Gasteiger partial charge in [0.2, 0.25) is 5.91 Å². The molecule has 0 bridgehead atoms. The number of carbonyl (C=O) groups is 3. The number of hydrogen-bond acceptors (Lipinski definition) is 4. The minimum absolute atomic E-state index is 0.343. The first-order valence-corrected chi connectivity index (χ1v) is 11.2. The normalized spacial score (nSPS) is 15.2. The second-order valence-corrected chi connectivity index (χ2v) is 8.23. The van der Waals surface area contributed by atoms with Crippen molar-refractivity contribution in [3.63, 3.8) is 0 Å². The maximum atomic E-state index is 13.1. The number of rotatable bonds is 8. The first kappa shape index (κ1) is 21.1. The molecule has 1 aliphatic heterocycles. The van der Waals surface area contributed by atoms with Gasteiger partial charge in [-0.2, -0.15) is 11.8 Å². The molecule has 0 unspecified atom stereocenters. The van der Waals surface area contributed by atoms with E-state index in [4.69, 9.17) is 0 Å². The molecule has 1 N–H and O–H groups in total. The summed E-state index contributed by atoms with van der Waals surface area (Å²) in [4.78, 5) is 39.9. The largest absolute Gasteiger partial charge is 0.324 e. The van der Waals surface area contributed by atoms with Gasteiger partial charge in [0.05, 0.1) is 11.1 Å². The van der Waals surface area contributed by atoms with Crippen molar-refractivity contribution in [3.05, 3.63) is 65.2 Å². The molecule has 5 nitrogen and oxygen atoms in total. The van der Waals surface area contributed by atoms with Crippen LogP contribution in [-0.2, 0) is 4.79 Å². The highest BCUT2D eigenvalue weighted by atomic mass is 32.2. The van der Waals surface area contributed by atoms with E-state index in [1.165, 1.54) is 5.56 Å². The summed E-state index contributed by atoms with van der Waals surface area (Å²) in [5.41, 5.74) is 2.59. The van der Waals surface area contributed by atoms with Gasteiger partial charge in [0.1, 0.15) is 6.04 Å². The van der Waals surface area contributed by atoms with E-state index in [1.54, 1.807) is 36.0 Å². The molecule has 0 aromatic heterocycles. The third-order valence-electron chi connectivity index (χ3n) is 5.39. The van der Waals surface area contributed by atoms with Crippen molar-refractivity contribution in [1.82, 2.24) is 4.90 Å². The first-order chi connectivity index (χ1) is 14.0. The summed E-state index contributed by atoms with van der Waals surface area (Å²) in [5.74, 6) is -0.0338. The van der Waals surface area contributed by atoms with Crippen LogP contribution in [0.3, 0.4) is 0 Å². The lowest BCUT2D eigenvalue weighted by atomic mass is 9.98. The summed E-state index contributed by atoms with van der Waals surface area (Å²) in [7, 11) is 0. The first-order valence-electron chi connectivity index (χ1n) is 9.84. The molecule has 0 saturated carbocycles. The Morgan fingerprint density at radius 2 is 1.62 bits per heavy atom. The maximum Gasteiger partial charge on any atom is 0.262 e. The fraction of sp³-hybridized carbons (Fsp3) is 0.348. The van der Waals surface area contributed by atoms with Crippen molar-refractivity contribution < 1.29 is 14.4 Å². The molecular weight excluding hydrogens is 384 g/mol. The zero-order chi connectivity index (χ0) is 21.0. The number of benzene rings is 2. The maximum absolute atomic E-state index is 13.1. The molecule has 29 heavy (non-hydrogen) atoms. The summed E-state index contributed by atoms with van der Waals surface area (Å²) >= 11 is 1.58. The molecule has 3 rings (SSSR count). The highest BCUT2D eigenvalue weighted by molar-refractivity contribution is 7.98. The number of fused-ring (bicyclic) bond motifs is 1. The molecule has 152 valence electrons. The molecule has 1 aliphatic rings. The predicted octanol–water partition coefficient (Wildman–Crippen LogP) is 4.56. The SMILES string of the molecule is CC[C@@H](C)c1ccc(NC(=O)[C@@H](CCSC)N2C(=O)c3ccccc3C2=O)cc1. The molecule has 3 amide bonds. The monoisotopic (exact) mass is 410 g/mol. The molecule has 1 heterocycles. The number of nitrogens with zero attached hydrogens (tertiary/aromatic N) is 1. The van der Waals surface area contributed by atoms with Gasteiger partial charge < -0.3 is 5.32 Å². The number of hydrogen-bond donors (Lipinski definition) is 1. The van der Waals surface area contributed by atoms with E-state index in [0.29, 0.717) is 34.9 Å². The average molecular weight is 411 g/mol. The lowest BCUT2D eigenvalue weighted by molar-refractivity contribution is -0.120. The molecule has 0 aliphatic carbocycles. The smallest absolute Gasteiger partial charge is 0.262 e. The predicted molar refractivity (Wildman–Crippen MR) is 118 cm³/mol.